The molecule has 4 nitrogen and oxygen atoms in total. The normalized spacial score (nSPS) is 12.3. The van der Waals surface area contributed by atoms with Gasteiger partial charge >= 0.3 is 6.03 Å². The highest BCUT2D eigenvalue weighted by atomic mass is 16.2. The molecule has 4 heteroatoms. The number of urea groups is 1. The van der Waals surface area contributed by atoms with Crippen LogP contribution in [0.15, 0.2) is 0 Å². The molecule has 0 bridgehead atoms. The van der Waals surface area contributed by atoms with E-state index >= 15 is 0 Å². The van der Waals surface area contributed by atoms with Crippen LogP contribution < -0.4 is 10.6 Å². The van der Waals surface area contributed by atoms with Crippen molar-refractivity contribution >= 4 is 12.3 Å². The molecule has 2 N–H and O–H groups in total. The van der Waals surface area contributed by atoms with E-state index in [9.17, 15) is 9.59 Å². The molecule has 2 amide bonds. The third-order valence-corrected chi connectivity index (χ3v) is 1.76. The van der Waals surface area contributed by atoms with Gasteiger partial charge in [-0.15, -0.1) is 0 Å². The summed E-state index contributed by atoms with van der Waals surface area (Å²) in [5.41, 5.74) is 0. The van der Waals surface area contributed by atoms with Crippen LogP contribution in [-0.4, -0.2) is 25.4 Å². The number of nitrogens with one attached hydrogen (secondary N) is 2. The zero-order valence-corrected chi connectivity index (χ0v) is 8.46. The predicted molar refractivity (Wildman–Crippen MR) is 51.5 cm³/mol. The Kier molecular flexibility index (Phi) is 5.93. The Morgan fingerprint density at radius 1 is 1.38 bits per heavy atom. The minimum absolute atomic E-state index is 0.305. The maximum Gasteiger partial charge on any atom is 0.315 e. The molecule has 0 fully saturated rings. The molecule has 0 saturated carbocycles. The average molecular weight is 186 g/mol. The van der Waals surface area contributed by atoms with Gasteiger partial charge < -0.3 is 15.4 Å². The Morgan fingerprint density at radius 2 is 2.00 bits per heavy atom. The van der Waals surface area contributed by atoms with Crippen molar-refractivity contribution in [3.63, 3.8) is 0 Å². The van der Waals surface area contributed by atoms with Gasteiger partial charge in [0.2, 0.25) is 0 Å². The summed E-state index contributed by atoms with van der Waals surface area (Å²) in [6.07, 6.45) is 2.42. The second-order valence-corrected chi connectivity index (χ2v) is 3.44. The Hall–Kier alpha value is -1.06. The maximum absolute atomic E-state index is 10.8. The minimum atomic E-state index is -0.359. The first-order valence-electron chi connectivity index (χ1n) is 4.53. The number of carbonyl (C=O) groups is 2. The second-order valence-electron chi connectivity index (χ2n) is 3.44. The summed E-state index contributed by atoms with van der Waals surface area (Å²) < 4.78 is 0. The van der Waals surface area contributed by atoms with Crippen molar-refractivity contribution in [1.82, 2.24) is 10.6 Å². The molecular weight excluding hydrogens is 168 g/mol. The first-order valence-corrected chi connectivity index (χ1v) is 4.53. The first-order chi connectivity index (χ1) is 6.10. The number of hydrogen-bond acceptors (Lipinski definition) is 2. The average Bonchev–Trinajstić information content (AvgIpc) is 2.11. The van der Waals surface area contributed by atoms with Crippen LogP contribution in [0, 0.1) is 5.92 Å². The summed E-state index contributed by atoms with van der Waals surface area (Å²) in [5, 5.41) is 4.96. The van der Waals surface area contributed by atoms with Crippen LogP contribution in [0.4, 0.5) is 4.79 Å². The van der Waals surface area contributed by atoms with Crippen LogP contribution >= 0.6 is 0 Å². The zero-order chi connectivity index (χ0) is 10.3. The molecule has 0 aromatic carbocycles. The summed E-state index contributed by atoms with van der Waals surface area (Å²) >= 11 is 0. The van der Waals surface area contributed by atoms with E-state index in [1.54, 1.807) is 0 Å². The highest BCUT2D eigenvalue weighted by Gasteiger charge is 2.09. The summed E-state index contributed by atoms with van der Waals surface area (Å²) in [4.78, 5) is 21.4. The number of amides is 2. The van der Waals surface area contributed by atoms with Crippen molar-refractivity contribution in [3.05, 3.63) is 0 Å². The fourth-order valence-corrected chi connectivity index (χ4v) is 0.928. The summed E-state index contributed by atoms with van der Waals surface area (Å²) in [6.45, 7) is 4.17. The number of aldehydes is 1. The lowest BCUT2D eigenvalue weighted by molar-refractivity contribution is -0.109. The monoisotopic (exact) mass is 186 g/mol. The van der Waals surface area contributed by atoms with Gasteiger partial charge in [0.1, 0.15) is 6.29 Å². The van der Waals surface area contributed by atoms with Crippen molar-refractivity contribution in [1.29, 1.82) is 0 Å². The lowest BCUT2D eigenvalue weighted by Gasteiger charge is -2.13. The Bertz CT molecular complexity index is 169. The smallest absolute Gasteiger partial charge is 0.315 e. The van der Waals surface area contributed by atoms with Gasteiger partial charge in [0.25, 0.3) is 0 Å². The molecular formula is C9H18N2O2. The van der Waals surface area contributed by atoms with Gasteiger partial charge in [-0.25, -0.2) is 4.79 Å². The van der Waals surface area contributed by atoms with E-state index in [-0.39, 0.29) is 12.1 Å². The van der Waals surface area contributed by atoms with E-state index in [1.165, 1.54) is 7.05 Å². The molecule has 1 atom stereocenters. The van der Waals surface area contributed by atoms with E-state index in [0.717, 1.165) is 12.7 Å². The van der Waals surface area contributed by atoms with E-state index in [2.05, 4.69) is 24.5 Å². The SMILES string of the molecule is CNC(=O)NC(C=O)CCC(C)C. The molecule has 0 aliphatic heterocycles. The van der Waals surface area contributed by atoms with Crippen LogP contribution in [0.5, 0.6) is 0 Å². The molecule has 13 heavy (non-hydrogen) atoms. The van der Waals surface area contributed by atoms with Gasteiger partial charge in [0.05, 0.1) is 6.04 Å². The van der Waals surface area contributed by atoms with Gasteiger partial charge in [-0.05, 0) is 18.8 Å². The van der Waals surface area contributed by atoms with Gasteiger partial charge in [-0.2, -0.15) is 0 Å². The quantitative estimate of drug-likeness (QED) is 0.627. The van der Waals surface area contributed by atoms with Gasteiger partial charge in [0, 0.05) is 7.05 Å². The van der Waals surface area contributed by atoms with Crippen molar-refractivity contribution in [2.24, 2.45) is 5.92 Å². The first kappa shape index (κ1) is 11.9. The summed E-state index contributed by atoms with van der Waals surface area (Å²) in [5.74, 6) is 0.550. The van der Waals surface area contributed by atoms with Crippen LogP contribution in [-0.2, 0) is 4.79 Å². The molecule has 0 saturated heterocycles. The highest BCUT2D eigenvalue weighted by molar-refractivity contribution is 5.77. The lowest BCUT2D eigenvalue weighted by Crippen LogP contribution is -2.41. The molecule has 0 spiro atoms. The fourth-order valence-electron chi connectivity index (χ4n) is 0.928. The van der Waals surface area contributed by atoms with Crippen molar-refractivity contribution in [2.75, 3.05) is 7.05 Å². The molecule has 1 unspecified atom stereocenters. The number of hydrogen-bond donors (Lipinski definition) is 2. The molecule has 0 aromatic heterocycles. The van der Waals surface area contributed by atoms with Crippen molar-refractivity contribution < 1.29 is 9.59 Å². The van der Waals surface area contributed by atoms with Crippen LogP contribution in [0.1, 0.15) is 26.7 Å². The van der Waals surface area contributed by atoms with E-state index in [0.29, 0.717) is 12.3 Å². The molecule has 0 aromatic rings. The fraction of sp³-hybridized carbons (Fsp3) is 0.778. The number of carbonyl (C=O) groups excluding carboxylic acids is 2. The van der Waals surface area contributed by atoms with Crippen LogP contribution in [0.25, 0.3) is 0 Å². The van der Waals surface area contributed by atoms with E-state index in [1.807, 2.05) is 0 Å². The minimum Gasteiger partial charge on any atom is -0.341 e. The number of rotatable bonds is 5. The predicted octanol–water partition coefficient (Wildman–Crippen LogP) is 0.919. The van der Waals surface area contributed by atoms with Gasteiger partial charge in [-0.1, -0.05) is 13.8 Å². The van der Waals surface area contributed by atoms with E-state index < -0.39 is 0 Å². The van der Waals surface area contributed by atoms with Gasteiger partial charge in [-0.3, -0.25) is 0 Å². The highest BCUT2D eigenvalue weighted by Crippen LogP contribution is 2.05. The summed E-state index contributed by atoms with van der Waals surface area (Å²) in [6, 6.07) is -0.664. The second kappa shape index (κ2) is 6.46. The topological polar surface area (TPSA) is 58.2 Å². The molecule has 0 radical (unpaired) electrons. The largest absolute Gasteiger partial charge is 0.341 e. The Balaban J connectivity index is 3.76. The molecule has 76 valence electrons. The van der Waals surface area contributed by atoms with Crippen molar-refractivity contribution in [3.8, 4) is 0 Å². The van der Waals surface area contributed by atoms with E-state index in [4.69, 9.17) is 0 Å². The molecule has 0 aliphatic carbocycles. The molecule has 0 heterocycles. The summed E-state index contributed by atoms with van der Waals surface area (Å²) in [7, 11) is 1.53. The van der Waals surface area contributed by atoms with Crippen molar-refractivity contribution in [2.45, 2.75) is 32.7 Å². The third kappa shape index (κ3) is 6.13. The molecule has 0 aliphatic rings. The van der Waals surface area contributed by atoms with Crippen LogP contribution in [0.2, 0.25) is 0 Å². The third-order valence-electron chi connectivity index (χ3n) is 1.76. The standard InChI is InChI=1S/C9H18N2O2/c1-7(2)4-5-8(6-12)11-9(13)10-3/h6-8H,4-5H2,1-3H3,(H2,10,11,13). The molecule has 0 rings (SSSR count). The Labute approximate surface area is 79.1 Å². The van der Waals surface area contributed by atoms with Gasteiger partial charge in [0.15, 0.2) is 0 Å². The van der Waals surface area contributed by atoms with Crippen LogP contribution in [0.3, 0.4) is 0 Å². The zero-order valence-electron chi connectivity index (χ0n) is 8.46. The maximum atomic E-state index is 10.8. The Morgan fingerprint density at radius 3 is 2.38 bits per heavy atom. The lowest BCUT2D eigenvalue weighted by atomic mass is 10.0.